The van der Waals surface area contributed by atoms with E-state index in [0.717, 1.165) is 66.0 Å². The number of fused-ring (bicyclic) bond motifs is 1. The van der Waals surface area contributed by atoms with E-state index in [1.807, 2.05) is 56.3 Å². The van der Waals surface area contributed by atoms with E-state index in [-0.39, 0.29) is 0 Å². The molecule has 0 bridgehead atoms. The van der Waals surface area contributed by atoms with Crippen molar-refractivity contribution in [1.29, 1.82) is 0 Å². The van der Waals surface area contributed by atoms with Gasteiger partial charge >= 0.3 is 0 Å². The van der Waals surface area contributed by atoms with Crippen LogP contribution in [0.25, 0.3) is 10.9 Å². The van der Waals surface area contributed by atoms with Crippen molar-refractivity contribution >= 4 is 22.7 Å². The van der Waals surface area contributed by atoms with E-state index in [0.29, 0.717) is 24.6 Å². The number of aromatic nitrogens is 2. The van der Waals surface area contributed by atoms with Crippen LogP contribution in [0.15, 0.2) is 42.5 Å². The van der Waals surface area contributed by atoms with E-state index in [1.165, 1.54) is 0 Å². The molecule has 1 heterocycles. The minimum absolute atomic E-state index is 0.384. The van der Waals surface area contributed by atoms with Crippen molar-refractivity contribution in [2.24, 2.45) is 0 Å². The molecule has 1 aromatic heterocycles. The van der Waals surface area contributed by atoms with Crippen molar-refractivity contribution in [3.63, 3.8) is 0 Å². The molecule has 0 saturated heterocycles. The Balaban J connectivity index is 1.35. The van der Waals surface area contributed by atoms with Crippen LogP contribution in [0.4, 0.5) is 11.8 Å². The zero-order chi connectivity index (χ0) is 23.2. The van der Waals surface area contributed by atoms with Crippen LogP contribution < -0.4 is 25.0 Å². The fourth-order valence-electron chi connectivity index (χ4n) is 4.51. The zero-order valence-electron chi connectivity index (χ0n) is 20.1. The second kappa shape index (κ2) is 10.7. The summed E-state index contributed by atoms with van der Waals surface area (Å²) in [5.74, 6) is 3.29. The molecule has 4 rings (SSSR count). The van der Waals surface area contributed by atoms with E-state index < -0.39 is 0 Å². The maximum absolute atomic E-state index is 5.85. The molecule has 2 N–H and O–H groups in total. The summed E-state index contributed by atoms with van der Waals surface area (Å²) in [5.41, 5.74) is 2.11. The second-order valence-electron chi connectivity index (χ2n) is 8.74. The number of para-hydroxylation sites is 2. The molecule has 1 aliphatic rings. The van der Waals surface area contributed by atoms with Crippen LogP contribution in [-0.4, -0.2) is 49.9 Å². The average Bonchev–Trinajstić information content (AvgIpc) is 2.83. The molecule has 2 aromatic carbocycles. The fourth-order valence-corrected chi connectivity index (χ4v) is 4.51. The maximum atomic E-state index is 5.85. The van der Waals surface area contributed by atoms with Gasteiger partial charge in [-0.05, 0) is 50.8 Å². The third-order valence-corrected chi connectivity index (χ3v) is 6.22. The van der Waals surface area contributed by atoms with E-state index >= 15 is 0 Å². The van der Waals surface area contributed by atoms with Crippen LogP contribution in [0.2, 0.25) is 0 Å². The summed E-state index contributed by atoms with van der Waals surface area (Å²) in [6.07, 6.45) is 4.39. The minimum Gasteiger partial charge on any atom is -0.493 e. The van der Waals surface area contributed by atoms with Gasteiger partial charge in [0.15, 0.2) is 11.5 Å². The first kappa shape index (κ1) is 23.1. The lowest BCUT2D eigenvalue weighted by Crippen LogP contribution is -2.37. The summed E-state index contributed by atoms with van der Waals surface area (Å²) in [5, 5.41) is 8.38. The van der Waals surface area contributed by atoms with Crippen molar-refractivity contribution in [2.75, 3.05) is 38.0 Å². The van der Waals surface area contributed by atoms with Crippen molar-refractivity contribution in [3.05, 3.63) is 48.0 Å². The Morgan fingerprint density at radius 2 is 1.73 bits per heavy atom. The number of hydrogen-bond donors (Lipinski definition) is 2. The number of methoxy groups -OCH3 is 1. The van der Waals surface area contributed by atoms with E-state index in [2.05, 4.69) is 22.8 Å². The van der Waals surface area contributed by atoms with Gasteiger partial charge in [0.1, 0.15) is 5.82 Å². The summed E-state index contributed by atoms with van der Waals surface area (Å²) in [4.78, 5) is 11.6. The third kappa shape index (κ3) is 5.47. The molecular formula is C26H35N5O2. The molecule has 1 aliphatic carbocycles. The summed E-state index contributed by atoms with van der Waals surface area (Å²) >= 11 is 0. The summed E-state index contributed by atoms with van der Waals surface area (Å²) in [6.45, 7) is 3.39. The van der Waals surface area contributed by atoms with Crippen LogP contribution in [-0.2, 0) is 6.54 Å². The topological polar surface area (TPSA) is 71.5 Å². The molecule has 7 heteroatoms. The number of nitrogens with zero attached hydrogens (tertiary/aromatic N) is 3. The molecule has 7 nitrogen and oxygen atoms in total. The van der Waals surface area contributed by atoms with Gasteiger partial charge < -0.3 is 25.0 Å². The Hall–Kier alpha value is -3.06. The molecule has 1 saturated carbocycles. The first-order chi connectivity index (χ1) is 16.1. The zero-order valence-corrected chi connectivity index (χ0v) is 20.1. The van der Waals surface area contributed by atoms with Gasteiger partial charge in [0.05, 0.1) is 19.2 Å². The normalized spacial score (nSPS) is 18.2. The smallest absolute Gasteiger partial charge is 0.225 e. The fraction of sp³-hybridized carbons (Fsp3) is 0.462. The number of benzene rings is 2. The highest BCUT2D eigenvalue weighted by Gasteiger charge is 2.22. The molecule has 0 radical (unpaired) electrons. The molecule has 0 amide bonds. The molecule has 0 spiro atoms. The maximum Gasteiger partial charge on any atom is 0.225 e. The number of rotatable bonds is 9. The van der Waals surface area contributed by atoms with Gasteiger partial charge in [-0.2, -0.15) is 4.98 Å². The first-order valence-corrected chi connectivity index (χ1v) is 11.8. The Bertz CT molecular complexity index is 1060. The average molecular weight is 450 g/mol. The van der Waals surface area contributed by atoms with Crippen molar-refractivity contribution < 1.29 is 9.47 Å². The Morgan fingerprint density at radius 3 is 2.45 bits per heavy atom. The molecule has 176 valence electrons. The third-order valence-electron chi connectivity index (χ3n) is 6.22. The molecular weight excluding hydrogens is 414 g/mol. The van der Waals surface area contributed by atoms with Crippen LogP contribution in [0, 0.1) is 0 Å². The lowest BCUT2D eigenvalue weighted by atomic mass is 9.91. The monoisotopic (exact) mass is 449 g/mol. The lowest BCUT2D eigenvalue weighted by molar-refractivity contribution is 0.303. The standard InChI is InChI=1S/C26H35N5O2/c1-5-33-24-18(9-8-12-23(24)32-4)17-27-19-13-15-20(16-14-19)28-26-29-22-11-7-6-10-21(22)25(30-26)31(2)3/h6-12,19-20,27H,5,13-17H2,1-4H3,(H,28,29,30)/t19-,20+. The molecule has 33 heavy (non-hydrogen) atoms. The molecule has 0 atom stereocenters. The Morgan fingerprint density at radius 1 is 0.970 bits per heavy atom. The molecule has 0 unspecified atom stereocenters. The summed E-state index contributed by atoms with van der Waals surface area (Å²) in [6, 6.07) is 15.1. The molecule has 1 fully saturated rings. The van der Waals surface area contributed by atoms with Gasteiger partial charge in [-0.15, -0.1) is 0 Å². The largest absolute Gasteiger partial charge is 0.493 e. The summed E-state index contributed by atoms with van der Waals surface area (Å²) < 4.78 is 11.3. The van der Waals surface area contributed by atoms with Crippen molar-refractivity contribution in [3.8, 4) is 11.5 Å². The lowest BCUT2D eigenvalue weighted by Gasteiger charge is -2.30. The number of ether oxygens (including phenoxy) is 2. The highest BCUT2D eigenvalue weighted by Crippen LogP contribution is 2.32. The molecule has 0 aliphatic heterocycles. The van der Waals surface area contributed by atoms with E-state index in [1.54, 1.807) is 7.11 Å². The van der Waals surface area contributed by atoms with Gasteiger partial charge in [0.2, 0.25) is 5.95 Å². The second-order valence-corrected chi connectivity index (χ2v) is 8.74. The predicted molar refractivity (Wildman–Crippen MR) is 135 cm³/mol. The Kier molecular flexibility index (Phi) is 7.50. The van der Waals surface area contributed by atoms with Gasteiger partial charge in [-0.1, -0.05) is 24.3 Å². The van der Waals surface area contributed by atoms with E-state index in [4.69, 9.17) is 19.4 Å². The number of anilines is 2. The number of hydrogen-bond acceptors (Lipinski definition) is 7. The first-order valence-electron chi connectivity index (χ1n) is 11.8. The van der Waals surface area contributed by atoms with Crippen LogP contribution in [0.1, 0.15) is 38.2 Å². The highest BCUT2D eigenvalue weighted by molar-refractivity contribution is 5.90. The quantitative estimate of drug-likeness (QED) is 0.494. The highest BCUT2D eigenvalue weighted by atomic mass is 16.5. The Labute approximate surface area is 196 Å². The van der Waals surface area contributed by atoms with E-state index in [9.17, 15) is 0 Å². The SMILES string of the molecule is CCOc1c(CN[C@H]2CC[C@@H](Nc3nc(N(C)C)c4ccccc4n3)CC2)cccc1OC. The van der Waals surface area contributed by atoms with Crippen molar-refractivity contribution in [1.82, 2.24) is 15.3 Å². The van der Waals surface area contributed by atoms with Crippen LogP contribution in [0.3, 0.4) is 0 Å². The van der Waals surface area contributed by atoms with Gasteiger partial charge in [0, 0.05) is 43.7 Å². The van der Waals surface area contributed by atoms with Crippen molar-refractivity contribution in [2.45, 2.75) is 51.2 Å². The molecule has 3 aromatic rings. The van der Waals surface area contributed by atoms with Gasteiger partial charge in [0.25, 0.3) is 0 Å². The summed E-state index contributed by atoms with van der Waals surface area (Å²) in [7, 11) is 5.73. The number of nitrogens with one attached hydrogen (secondary N) is 2. The van der Waals surface area contributed by atoms with Gasteiger partial charge in [-0.3, -0.25) is 0 Å². The van der Waals surface area contributed by atoms with Crippen LogP contribution >= 0.6 is 0 Å². The van der Waals surface area contributed by atoms with Gasteiger partial charge in [-0.25, -0.2) is 4.98 Å². The predicted octanol–water partition coefficient (Wildman–Crippen LogP) is 4.62. The van der Waals surface area contributed by atoms with Crippen LogP contribution in [0.5, 0.6) is 11.5 Å². The minimum atomic E-state index is 0.384.